The minimum Gasteiger partial charge on any atom is -0.493 e. The fourth-order valence-corrected chi connectivity index (χ4v) is 2.21. The Balaban J connectivity index is 2.35. The lowest BCUT2D eigenvalue weighted by molar-refractivity contribution is -0.385. The van der Waals surface area contributed by atoms with Gasteiger partial charge in [-0.1, -0.05) is 6.07 Å². The van der Waals surface area contributed by atoms with Gasteiger partial charge in [0.1, 0.15) is 17.9 Å². The maximum atomic E-state index is 11.8. The lowest BCUT2D eigenvalue weighted by atomic mass is 10.1. The lowest BCUT2D eigenvalue weighted by Crippen LogP contribution is -2.32. The van der Waals surface area contributed by atoms with E-state index in [1.807, 2.05) is 0 Å². The van der Waals surface area contributed by atoms with Crippen molar-refractivity contribution >= 4 is 23.9 Å². The molecule has 1 aromatic rings. The summed E-state index contributed by atoms with van der Waals surface area (Å²) in [4.78, 5) is 45.5. The quantitative estimate of drug-likeness (QED) is 0.193. The summed E-state index contributed by atoms with van der Waals surface area (Å²) in [6.45, 7) is 0.188. The minimum atomic E-state index is -0.632. The van der Waals surface area contributed by atoms with Crippen LogP contribution < -0.4 is 4.74 Å². The molecule has 0 aliphatic heterocycles. The molecule has 0 saturated heterocycles. The number of hydrogen-bond donors (Lipinski definition) is 0. The number of methoxy groups -OCH3 is 1. The van der Waals surface area contributed by atoms with E-state index in [0.29, 0.717) is 32.0 Å². The van der Waals surface area contributed by atoms with Crippen molar-refractivity contribution in [2.75, 3.05) is 27.3 Å². The van der Waals surface area contributed by atoms with E-state index < -0.39 is 10.9 Å². The van der Waals surface area contributed by atoms with Gasteiger partial charge >= 0.3 is 5.97 Å². The van der Waals surface area contributed by atoms with E-state index in [-0.39, 0.29) is 36.1 Å². The second-order valence-corrected chi connectivity index (χ2v) is 5.55. The van der Waals surface area contributed by atoms with Crippen LogP contribution in [0.2, 0.25) is 0 Å². The molecule has 0 atom stereocenters. The zero-order valence-corrected chi connectivity index (χ0v) is 14.8. The highest BCUT2D eigenvalue weighted by molar-refractivity contribution is 5.85. The molecule has 0 radical (unpaired) electrons. The Kier molecular flexibility index (Phi) is 8.76. The van der Waals surface area contributed by atoms with Gasteiger partial charge in [0.25, 0.3) is 5.69 Å². The number of ether oxygens (including phenoxy) is 2. The van der Waals surface area contributed by atoms with Crippen LogP contribution in [0.5, 0.6) is 5.75 Å². The van der Waals surface area contributed by atoms with Crippen LogP contribution in [0.25, 0.3) is 0 Å². The number of benzene rings is 1. The molecule has 142 valence electrons. The van der Waals surface area contributed by atoms with Gasteiger partial charge in [-0.2, -0.15) is 0 Å². The number of esters is 1. The zero-order chi connectivity index (χ0) is 19.5. The SMILES string of the molecule is COC(=O)CN(C)C(=O)CCCCCOc1cccc([N+](=O)[O-])c1C=O. The molecule has 0 saturated carbocycles. The first-order chi connectivity index (χ1) is 12.4. The molecule has 0 spiro atoms. The second-order valence-electron chi connectivity index (χ2n) is 5.55. The summed E-state index contributed by atoms with van der Waals surface area (Å²) in [6, 6.07) is 4.20. The van der Waals surface area contributed by atoms with Crippen molar-refractivity contribution < 1.29 is 28.8 Å². The highest BCUT2D eigenvalue weighted by Crippen LogP contribution is 2.26. The van der Waals surface area contributed by atoms with E-state index in [0.717, 1.165) is 0 Å². The minimum absolute atomic E-state index is 0.0836. The Morgan fingerprint density at radius 1 is 1.27 bits per heavy atom. The number of likely N-dealkylation sites (N-methyl/N-ethyl adjacent to an activating group) is 1. The standard InChI is InChI=1S/C17H22N2O7/c1-18(11-17(22)25-2)16(21)9-4-3-5-10-26-15-8-6-7-14(19(23)24)13(15)12-20/h6-8,12H,3-5,9-11H2,1-2H3. The van der Waals surface area contributed by atoms with Crippen LogP contribution >= 0.6 is 0 Å². The predicted molar refractivity (Wildman–Crippen MR) is 92.1 cm³/mol. The predicted octanol–water partition coefficient (Wildman–Crippen LogP) is 1.98. The third-order valence-corrected chi connectivity index (χ3v) is 3.67. The van der Waals surface area contributed by atoms with Gasteiger partial charge in [0, 0.05) is 19.5 Å². The van der Waals surface area contributed by atoms with E-state index in [2.05, 4.69) is 4.74 Å². The van der Waals surface area contributed by atoms with Crippen molar-refractivity contribution in [2.24, 2.45) is 0 Å². The molecule has 0 N–H and O–H groups in total. The van der Waals surface area contributed by atoms with Crippen molar-refractivity contribution in [1.82, 2.24) is 4.90 Å². The van der Waals surface area contributed by atoms with Crippen LogP contribution in [0.1, 0.15) is 36.0 Å². The first-order valence-corrected chi connectivity index (χ1v) is 8.06. The number of unbranched alkanes of at least 4 members (excludes halogenated alkanes) is 2. The number of carbonyl (C=O) groups excluding carboxylic acids is 3. The number of rotatable bonds is 11. The maximum absolute atomic E-state index is 11.8. The van der Waals surface area contributed by atoms with Crippen molar-refractivity contribution in [3.05, 3.63) is 33.9 Å². The van der Waals surface area contributed by atoms with Crippen LogP contribution in [0.3, 0.4) is 0 Å². The Morgan fingerprint density at radius 3 is 2.62 bits per heavy atom. The second kappa shape index (κ2) is 10.8. The summed E-state index contributed by atoms with van der Waals surface area (Å²) in [7, 11) is 2.80. The average Bonchev–Trinajstić information content (AvgIpc) is 2.63. The number of aldehydes is 1. The Bertz CT molecular complexity index is 661. The van der Waals surface area contributed by atoms with Gasteiger partial charge in [0.05, 0.1) is 18.6 Å². The van der Waals surface area contributed by atoms with E-state index in [4.69, 9.17) is 4.74 Å². The van der Waals surface area contributed by atoms with Crippen LogP contribution in [0.4, 0.5) is 5.69 Å². The van der Waals surface area contributed by atoms with Crippen LogP contribution in [-0.4, -0.2) is 55.3 Å². The van der Waals surface area contributed by atoms with Crippen molar-refractivity contribution in [3.8, 4) is 5.75 Å². The molecule has 9 heteroatoms. The molecule has 1 amide bonds. The summed E-state index contributed by atoms with van der Waals surface area (Å²) in [5.41, 5.74) is -0.381. The van der Waals surface area contributed by atoms with Gasteiger partial charge in [0.15, 0.2) is 6.29 Å². The number of nitrogens with zero attached hydrogens (tertiary/aromatic N) is 2. The van der Waals surface area contributed by atoms with Crippen molar-refractivity contribution in [2.45, 2.75) is 25.7 Å². The van der Waals surface area contributed by atoms with E-state index in [1.54, 1.807) is 0 Å². The van der Waals surface area contributed by atoms with Gasteiger partial charge < -0.3 is 14.4 Å². The Morgan fingerprint density at radius 2 is 2.00 bits per heavy atom. The number of hydrogen-bond acceptors (Lipinski definition) is 7. The van der Waals surface area contributed by atoms with Gasteiger partial charge in [-0.15, -0.1) is 0 Å². The van der Waals surface area contributed by atoms with Crippen LogP contribution in [0.15, 0.2) is 18.2 Å². The fraction of sp³-hybridized carbons (Fsp3) is 0.471. The lowest BCUT2D eigenvalue weighted by Gasteiger charge is -2.15. The third-order valence-electron chi connectivity index (χ3n) is 3.67. The molecular formula is C17H22N2O7. The summed E-state index contributed by atoms with van der Waals surface area (Å²) in [5.74, 6) is -0.460. The van der Waals surface area contributed by atoms with Gasteiger partial charge in [-0.25, -0.2) is 0 Å². The Hall–Kier alpha value is -2.97. The molecule has 26 heavy (non-hydrogen) atoms. The molecule has 1 rings (SSSR count). The summed E-state index contributed by atoms with van der Waals surface area (Å²) in [6.07, 6.45) is 2.63. The molecule has 0 bridgehead atoms. The van der Waals surface area contributed by atoms with Gasteiger partial charge in [0.2, 0.25) is 5.91 Å². The van der Waals surface area contributed by atoms with Crippen molar-refractivity contribution in [3.63, 3.8) is 0 Å². The van der Waals surface area contributed by atoms with Gasteiger partial charge in [-0.3, -0.25) is 24.5 Å². The Labute approximate surface area is 151 Å². The van der Waals surface area contributed by atoms with E-state index >= 15 is 0 Å². The monoisotopic (exact) mass is 366 g/mol. The third kappa shape index (κ3) is 6.50. The number of carbonyl (C=O) groups is 3. The smallest absolute Gasteiger partial charge is 0.325 e. The summed E-state index contributed by atoms with van der Waals surface area (Å²) in [5, 5.41) is 10.9. The molecule has 0 heterocycles. The molecule has 9 nitrogen and oxygen atoms in total. The molecule has 0 aliphatic rings. The molecular weight excluding hydrogens is 344 g/mol. The zero-order valence-electron chi connectivity index (χ0n) is 14.8. The number of nitro benzene ring substituents is 1. The maximum Gasteiger partial charge on any atom is 0.325 e. The highest BCUT2D eigenvalue weighted by atomic mass is 16.6. The number of amides is 1. The summed E-state index contributed by atoms with van der Waals surface area (Å²) < 4.78 is 9.94. The van der Waals surface area contributed by atoms with E-state index in [1.165, 1.54) is 37.3 Å². The van der Waals surface area contributed by atoms with Crippen molar-refractivity contribution in [1.29, 1.82) is 0 Å². The normalized spacial score (nSPS) is 10.1. The van der Waals surface area contributed by atoms with E-state index in [9.17, 15) is 24.5 Å². The first-order valence-electron chi connectivity index (χ1n) is 8.06. The molecule has 0 aromatic heterocycles. The fourth-order valence-electron chi connectivity index (χ4n) is 2.21. The molecule has 1 aromatic carbocycles. The molecule has 0 aliphatic carbocycles. The molecule has 0 fully saturated rings. The number of nitro groups is 1. The first kappa shape index (κ1) is 21.1. The average molecular weight is 366 g/mol. The molecule has 0 unspecified atom stereocenters. The topological polar surface area (TPSA) is 116 Å². The van der Waals surface area contributed by atoms with Crippen LogP contribution in [0, 0.1) is 10.1 Å². The van der Waals surface area contributed by atoms with Gasteiger partial charge in [-0.05, 0) is 25.3 Å². The highest BCUT2D eigenvalue weighted by Gasteiger charge is 2.17. The largest absolute Gasteiger partial charge is 0.493 e. The summed E-state index contributed by atoms with van der Waals surface area (Å²) >= 11 is 0. The van der Waals surface area contributed by atoms with Crippen LogP contribution in [-0.2, 0) is 14.3 Å².